The number of nitrogens with zero attached hydrogens (tertiary/aromatic N) is 3. The van der Waals surface area contributed by atoms with Gasteiger partial charge in [-0.15, -0.1) is 0 Å². The van der Waals surface area contributed by atoms with E-state index in [-0.39, 0.29) is 5.56 Å². The van der Waals surface area contributed by atoms with Crippen molar-refractivity contribution in [3.63, 3.8) is 0 Å². The van der Waals surface area contributed by atoms with Crippen molar-refractivity contribution >= 4 is 56.2 Å². The lowest BCUT2D eigenvalue weighted by Gasteiger charge is -2.09. The van der Waals surface area contributed by atoms with Crippen LogP contribution in [0, 0.1) is 0 Å². The highest BCUT2D eigenvalue weighted by Gasteiger charge is 2.12. The van der Waals surface area contributed by atoms with E-state index in [1.165, 1.54) is 10.9 Å². The Balaban J connectivity index is 1.93. The van der Waals surface area contributed by atoms with Crippen LogP contribution in [0.5, 0.6) is 0 Å². The first kappa shape index (κ1) is 18.9. The van der Waals surface area contributed by atoms with Crippen molar-refractivity contribution in [2.24, 2.45) is 5.10 Å². The summed E-state index contributed by atoms with van der Waals surface area (Å²) < 4.78 is 2.22. The van der Waals surface area contributed by atoms with Gasteiger partial charge in [0.2, 0.25) is 0 Å². The highest BCUT2D eigenvalue weighted by molar-refractivity contribution is 9.10. The molecule has 0 atom stereocenters. The van der Waals surface area contributed by atoms with Gasteiger partial charge in [0.15, 0.2) is 5.82 Å². The van der Waals surface area contributed by atoms with Gasteiger partial charge in [0.05, 0.1) is 22.1 Å². The second-order valence-corrected chi connectivity index (χ2v) is 7.75. The van der Waals surface area contributed by atoms with Crippen LogP contribution in [0.4, 0.5) is 0 Å². The topological polar surface area (TPSA) is 47.2 Å². The second-order valence-electron chi connectivity index (χ2n) is 5.99. The molecule has 0 aliphatic heterocycles. The Morgan fingerprint density at radius 2 is 1.75 bits per heavy atom. The number of para-hydroxylation sites is 1. The van der Waals surface area contributed by atoms with Gasteiger partial charge in [0.1, 0.15) is 0 Å². The van der Waals surface area contributed by atoms with E-state index in [1.807, 2.05) is 36.4 Å². The first-order valence-electron chi connectivity index (χ1n) is 8.30. The number of fused-ring (bicyclic) bond motifs is 1. The summed E-state index contributed by atoms with van der Waals surface area (Å²) in [4.78, 5) is 17.8. The van der Waals surface area contributed by atoms with Crippen LogP contribution in [0.25, 0.3) is 22.3 Å². The van der Waals surface area contributed by atoms with Gasteiger partial charge in [-0.3, -0.25) is 4.79 Å². The number of halogens is 3. The zero-order valence-electron chi connectivity index (χ0n) is 14.3. The minimum atomic E-state index is -0.259. The predicted molar refractivity (Wildman–Crippen MR) is 119 cm³/mol. The molecule has 1 aromatic heterocycles. The van der Waals surface area contributed by atoms with E-state index in [9.17, 15) is 4.79 Å². The lowest BCUT2D eigenvalue weighted by Crippen LogP contribution is -2.20. The number of rotatable bonds is 3. The Bertz CT molecular complexity index is 1270. The number of hydrogen-bond acceptors (Lipinski definition) is 3. The van der Waals surface area contributed by atoms with Crippen LogP contribution in [0.1, 0.15) is 5.56 Å². The van der Waals surface area contributed by atoms with Crippen LogP contribution in [0.3, 0.4) is 0 Å². The maximum Gasteiger partial charge on any atom is 0.282 e. The molecule has 0 saturated heterocycles. The van der Waals surface area contributed by atoms with E-state index >= 15 is 0 Å². The fourth-order valence-corrected chi connectivity index (χ4v) is 3.46. The van der Waals surface area contributed by atoms with Gasteiger partial charge in [0.25, 0.3) is 5.56 Å². The van der Waals surface area contributed by atoms with Gasteiger partial charge >= 0.3 is 0 Å². The Labute approximate surface area is 179 Å². The van der Waals surface area contributed by atoms with E-state index in [1.54, 1.807) is 30.3 Å². The van der Waals surface area contributed by atoms with Crippen molar-refractivity contribution in [2.45, 2.75) is 0 Å². The molecule has 0 radical (unpaired) electrons. The van der Waals surface area contributed by atoms with Crippen LogP contribution in [-0.2, 0) is 0 Å². The molecule has 0 fully saturated rings. The van der Waals surface area contributed by atoms with E-state index in [2.05, 4.69) is 26.0 Å². The van der Waals surface area contributed by atoms with E-state index in [0.717, 1.165) is 10.0 Å². The molecule has 0 aliphatic rings. The van der Waals surface area contributed by atoms with Crippen LogP contribution < -0.4 is 5.56 Å². The summed E-state index contributed by atoms with van der Waals surface area (Å²) in [6.45, 7) is 0. The molecule has 7 heteroatoms. The first-order valence-corrected chi connectivity index (χ1v) is 9.85. The Kier molecular flexibility index (Phi) is 5.31. The SMILES string of the molecule is O=c1c2ccccc2nc(-c2ccc(Br)cc2)n1/N=C\c1ccc(Cl)cc1Cl. The minimum absolute atomic E-state index is 0.259. The molecule has 138 valence electrons. The van der Waals surface area contributed by atoms with Gasteiger partial charge in [-0.25, -0.2) is 4.98 Å². The number of hydrogen-bond donors (Lipinski definition) is 0. The van der Waals surface area contributed by atoms with Crippen LogP contribution >= 0.6 is 39.1 Å². The quantitative estimate of drug-likeness (QED) is 0.342. The zero-order chi connectivity index (χ0) is 19.7. The molecule has 4 nitrogen and oxygen atoms in total. The Morgan fingerprint density at radius 1 is 1.00 bits per heavy atom. The van der Waals surface area contributed by atoms with Crippen LogP contribution in [-0.4, -0.2) is 15.9 Å². The van der Waals surface area contributed by atoms with Crippen LogP contribution in [0.15, 0.2) is 81.1 Å². The fourth-order valence-electron chi connectivity index (χ4n) is 2.74. The summed E-state index contributed by atoms with van der Waals surface area (Å²) in [5.74, 6) is 0.442. The second kappa shape index (κ2) is 7.87. The van der Waals surface area contributed by atoms with E-state index in [0.29, 0.717) is 32.3 Å². The molecule has 0 N–H and O–H groups in total. The average molecular weight is 473 g/mol. The summed E-state index contributed by atoms with van der Waals surface area (Å²) in [7, 11) is 0. The molecule has 1 heterocycles. The maximum absolute atomic E-state index is 13.1. The molecule has 0 unspecified atom stereocenters. The molecule has 0 amide bonds. The maximum atomic E-state index is 13.1. The van der Waals surface area contributed by atoms with Gasteiger partial charge in [-0.05, 0) is 36.4 Å². The average Bonchev–Trinajstić information content (AvgIpc) is 2.69. The Hall–Kier alpha value is -2.47. The van der Waals surface area contributed by atoms with Crippen molar-refractivity contribution < 1.29 is 0 Å². The van der Waals surface area contributed by atoms with Crippen LogP contribution in [0.2, 0.25) is 10.0 Å². The van der Waals surface area contributed by atoms with Crippen molar-refractivity contribution in [2.75, 3.05) is 0 Å². The molecule has 3 aromatic carbocycles. The molecule has 0 aliphatic carbocycles. The lowest BCUT2D eigenvalue weighted by molar-refractivity contribution is 0.830. The zero-order valence-corrected chi connectivity index (χ0v) is 17.4. The summed E-state index contributed by atoms with van der Waals surface area (Å²) in [5, 5.41) is 5.86. The van der Waals surface area contributed by atoms with Gasteiger partial charge in [0, 0.05) is 20.6 Å². The Morgan fingerprint density at radius 3 is 2.50 bits per heavy atom. The molecule has 0 spiro atoms. The van der Waals surface area contributed by atoms with Crippen molar-refractivity contribution in [3.8, 4) is 11.4 Å². The highest BCUT2D eigenvalue weighted by atomic mass is 79.9. The van der Waals surface area contributed by atoms with Crippen molar-refractivity contribution in [1.29, 1.82) is 0 Å². The molecule has 0 bridgehead atoms. The molecule has 28 heavy (non-hydrogen) atoms. The lowest BCUT2D eigenvalue weighted by atomic mass is 10.2. The largest absolute Gasteiger partial charge is 0.282 e. The highest BCUT2D eigenvalue weighted by Crippen LogP contribution is 2.22. The van der Waals surface area contributed by atoms with Crippen molar-refractivity contribution in [3.05, 3.63) is 97.2 Å². The number of benzene rings is 3. The smallest absolute Gasteiger partial charge is 0.267 e. The summed E-state index contributed by atoms with van der Waals surface area (Å²) in [5.41, 5.74) is 1.77. The summed E-state index contributed by atoms with van der Waals surface area (Å²) in [6.07, 6.45) is 1.53. The third-order valence-electron chi connectivity index (χ3n) is 4.13. The summed E-state index contributed by atoms with van der Waals surface area (Å²) in [6, 6.07) is 19.8. The predicted octanol–water partition coefficient (Wildman–Crippen LogP) is 6.02. The molecule has 4 aromatic rings. The molecule has 0 saturated carbocycles. The van der Waals surface area contributed by atoms with E-state index in [4.69, 9.17) is 23.2 Å². The first-order chi connectivity index (χ1) is 13.5. The van der Waals surface area contributed by atoms with Gasteiger partial charge in [-0.1, -0.05) is 69.5 Å². The third kappa shape index (κ3) is 3.74. The number of aromatic nitrogens is 2. The van der Waals surface area contributed by atoms with Gasteiger partial charge < -0.3 is 0 Å². The molecule has 4 rings (SSSR count). The summed E-state index contributed by atoms with van der Waals surface area (Å²) >= 11 is 15.6. The third-order valence-corrected chi connectivity index (χ3v) is 5.22. The molecular formula is C21H12BrCl2N3O. The van der Waals surface area contributed by atoms with Gasteiger partial charge in [-0.2, -0.15) is 9.78 Å². The monoisotopic (exact) mass is 471 g/mol. The molecular weight excluding hydrogens is 461 g/mol. The van der Waals surface area contributed by atoms with Crippen molar-refractivity contribution in [1.82, 2.24) is 9.66 Å². The standard InChI is InChI=1S/C21H12BrCl2N3O/c22-15-8-5-13(6-9-15)20-26-19-4-2-1-3-17(19)21(28)27(20)25-12-14-7-10-16(23)11-18(14)24/h1-12H/b25-12-. The fraction of sp³-hybridized carbons (Fsp3) is 0. The minimum Gasteiger partial charge on any atom is -0.267 e. The normalized spacial score (nSPS) is 11.4. The van der Waals surface area contributed by atoms with E-state index < -0.39 is 0 Å².